The predicted octanol–water partition coefficient (Wildman–Crippen LogP) is 4.61. The number of hydrogen-bond donors (Lipinski definition) is 1. The van der Waals surface area contributed by atoms with Crippen LogP contribution in [0.4, 0.5) is 4.39 Å². The number of hydrogen-bond acceptors (Lipinski definition) is 1. The Balaban J connectivity index is 2.25. The van der Waals surface area contributed by atoms with Crippen LogP contribution in [0.2, 0.25) is 0 Å². The first-order valence-corrected chi connectivity index (χ1v) is 7.18. The smallest absolute Gasteiger partial charge is 0.131 e. The lowest BCUT2D eigenvalue weighted by atomic mass is 9.99. The second kappa shape index (κ2) is 6.67. The molecule has 0 radical (unpaired) electrons. The summed E-state index contributed by atoms with van der Waals surface area (Å²) in [6, 6.07) is 11.7. The van der Waals surface area contributed by atoms with Crippen LogP contribution in [0.3, 0.4) is 0 Å². The molecule has 0 saturated carbocycles. The van der Waals surface area contributed by atoms with Gasteiger partial charge in [0.1, 0.15) is 5.82 Å². The largest absolute Gasteiger partial charge is 0.313 e. The number of aryl methyl sites for hydroxylation is 2. The zero-order valence-corrected chi connectivity index (χ0v) is 12.5. The third kappa shape index (κ3) is 3.67. The highest BCUT2D eigenvalue weighted by Gasteiger charge is 2.07. The van der Waals surface area contributed by atoms with Gasteiger partial charge in [0.25, 0.3) is 0 Å². The highest BCUT2D eigenvalue weighted by Crippen LogP contribution is 2.25. The molecular formula is C18H22FN. The number of benzene rings is 2. The lowest BCUT2D eigenvalue weighted by molar-refractivity contribution is 0.622. The van der Waals surface area contributed by atoms with Crippen molar-refractivity contribution < 1.29 is 4.39 Å². The molecule has 0 saturated heterocycles. The lowest BCUT2D eigenvalue weighted by Crippen LogP contribution is -2.13. The predicted molar refractivity (Wildman–Crippen MR) is 83.3 cm³/mol. The van der Waals surface area contributed by atoms with E-state index in [1.807, 2.05) is 38.1 Å². The van der Waals surface area contributed by atoms with Crippen LogP contribution in [0.1, 0.15) is 30.0 Å². The van der Waals surface area contributed by atoms with E-state index < -0.39 is 0 Å². The summed E-state index contributed by atoms with van der Waals surface area (Å²) in [7, 11) is 0. The minimum absolute atomic E-state index is 0.147. The van der Waals surface area contributed by atoms with Gasteiger partial charge in [0.2, 0.25) is 0 Å². The fourth-order valence-corrected chi connectivity index (χ4v) is 2.44. The molecule has 0 unspecified atom stereocenters. The van der Waals surface area contributed by atoms with Gasteiger partial charge in [-0.2, -0.15) is 0 Å². The SMILES string of the molecule is CCCNCc1ccc(-c2cc(C)cc(C)c2)c(F)c1. The van der Waals surface area contributed by atoms with Gasteiger partial charge in [-0.15, -0.1) is 0 Å². The zero-order chi connectivity index (χ0) is 14.5. The summed E-state index contributed by atoms with van der Waals surface area (Å²) in [5, 5.41) is 3.29. The van der Waals surface area contributed by atoms with Crippen LogP contribution in [0, 0.1) is 19.7 Å². The van der Waals surface area contributed by atoms with E-state index in [1.165, 1.54) is 0 Å². The summed E-state index contributed by atoms with van der Waals surface area (Å²) in [6.45, 7) is 7.88. The number of halogens is 1. The molecule has 0 aromatic heterocycles. The standard InChI is InChI=1S/C18H22FN/c1-4-7-20-12-15-5-6-17(18(19)11-15)16-9-13(2)8-14(3)10-16/h5-6,8-11,20H,4,7,12H2,1-3H3. The van der Waals surface area contributed by atoms with Crippen LogP contribution in [0.25, 0.3) is 11.1 Å². The zero-order valence-electron chi connectivity index (χ0n) is 12.5. The minimum Gasteiger partial charge on any atom is -0.313 e. The maximum absolute atomic E-state index is 14.3. The monoisotopic (exact) mass is 271 g/mol. The summed E-state index contributed by atoms with van der Waals surface area (Å²) in [5.41, 5.74) is 4.94. The van der Waals surface area contributed by atoms with Gasteiger partial charge in [0.05, 0.1) is 0 Å². The van der Waals surface area contributed by atoms with Crippen molar-refractivity contribution in [3.05, 3.63) is 58.9 Å². The molecular weight excluding hydrogens is 249 g/mol. The van der Waals surface area contributed by atoms with Crippen LogP contribution >= 0.6 is 0 Å². The summed E-state index contributed by atoms with van der Waals surface area (Å²) in [6.07, 6.45) is 1.09. The summed E-state index contributed by atoms with van der Waals surface area (Å²) >= 11 is 0. The summed E-state index contributed by atoms with van der Waals surface area (Å²) in [5.74, 6) is -0.147. The average molecular weight is 271 g/mol. The molecule has 0 aliphatic carbocycles. The Hall–Kier alpha value is -1.67. The molecule has 106 valence electrons. The van der Waals surface area contributed by atoms with Crippen LogP contribution in [0.15, 0.2) is 36.4 Å². The molecule has 2 rings (SSSR count). The van der Waals surface area contributed by atoms with Gasteiger partial charge >= 0.3 is 0 Å². The first-order valence-electron chi connectivity index (χ1n) is 7.18. The van der Waals surface area contributed by atoms with Crippen LogP contribution < -0.4 is 5.32 Å². The molecule has 0 atom stereocenters. The van der Waals surface area contributed by atoms with Crippen molar-refractivity contribution in [2.45, 2.75) is 33.7 Å². The molecule has 2 heteroatoms. The normalized spacial score (nSPS) is 10.8. The molecule has 1 N–H and O–H groups in total. The molecule has 0 bridgehead atoms. The summed E-state index contributed by atoms with van der Waals surface area (Å²) < 4.78 is 14.3. The Kier molecular flexibility index (Phi) is 4.91. The van der Waals surface area contributed by atoms with Crippen LogP contribution in [-0.4, -0.2) is 6.54 Å². The lowest BCUT2D eigenvalue weighted by Gasteiger charge is -2.09. The Labute approximate surface area is 120 Å². The Morgan fingerprint density at radius 2 is 1.70 bits per heavy atom. The van der Waals surface area contributed by atoms with Gasteiger partial charge < -0.3 is 5.32 Å². The van der Waals surface area contributed by atoms with Crippen molar-refractivity contribution in [2.24, 2.45) is 0 Å². The topological polar surface area (TPSA) is 12.0 Å². The molecule has 20 heavy (non-hydrogen) atoms. The Morgan fingerprint density at radius 1 is 1.00 bits per heavy atom. The second-order valence-electron chi connectivity index (χ2n) is 5.37. The molecule has 1 nitrogen and oxygen atoms in total. The first-order chi connectivity index (χ1) is 9.60. The van der Waals surface area contributed by atoms with Gasteiger partial charge in [-0.25, -0.2) is 4.39 Å². The van der Waals surface area contributed by atoms with Crippen LogP contribution in [-0.2, 0) is 6.54 Å². The molecule has 0 amide bonds. The van der Waals surface area contributed by atoms with Crippen molar-refractivity contribution in [3.8, 4) is 11.1 Å². The third-order valence-corrected chi connectivity index (χ3v) is 3.32. The maximum Gasteiger partial charge on any atom is 0.131 e. The second-order valence-corrected chi connectivity index (χ2v) is 5.37. The van der Waals surface area contributed by atoms with Crippen molar-refractivity contribution in [3.63, 3.8) is 0 Å². The van der Waals surface area contributed by atoms with Crippen molar-refractivity contribution in [1.29, 1.82) is 0 Å². The molecule has 0 aliphatic rings. The number of nitrogens with one attached hydrogen (secondary N) is 1. The fourth-order valence-electron chi connectivity index (χ4n) is 2.44. The minimum atomic E-state index is -0.147. The highest BCUT2D eigenvalue weighted by molar-refractivity contribution is 5.66. The van der Waals surface area contributed by atoms with Crippen molar-refractivity contribution in [1.82, 2.24) is 5.32 Å². The van der Waals surface area contributed by atoms with E-state index in [1.54, 1.807) is 6.07 Å². The quantitative estimate of drug-likeness (QED) is 0.783. The van der Waals surface area contributed by atoms with Crippen molar-refractivity contribution >= 4 is 0 Å². The molecule has 0 fully saturated rings. The number of rotatable bonds is 5. The van der Waals surface area contributed by atoms with Gasteiger partial charge in [-0.1, -0.05) is 48.4 Å². The first kappa shape index (κ1) is 14.7. The van der Waals surface area contributed by atoms with Gasteiger partial charge in [-0.05, 0) is 44.0 Å². The van der Waals surface area contributed by atoms with Gasteiger partial charge in [-0.3, -0.25) is 0 Å². The molecule has 2 aromatic carbocycles. The molecule has 0 spiro atoms. The molecule has 0 heterocycles. The van der Waals surface area contributed by atoms with Crippen molar-refractivity contribution in [2.75, 3.05) is 6.54 Å². The van der Waals surface area contributed by atoms with E-state index in [2.05, 4.69) is 18.3 Å². The maximum atomic E-state index is 14.3. The summed E-state index contributed by atoms with van der Waals surface area (Å²) in [4.78, 5) is 0. The van der Waals surface area contributed by atoms with E-state index in [0.29, 0.717) is 5.56 Å². The van der Waals surface area contributed by atoms with Gasteiger partial charge in [0, 0.05) is 12.1 Å². The van der Waals surface area contributed by atoms with E-state index in [-0.39, 0.29) is 5.82 Å². The average Bonchev–Trinajstić information content (AvgIpc) is 2.38. The van der Waals surface area contributed by atoms with E-state index in [4.69, 9.17) is 0 Å². The van der Waals surface area contributed by atoms with E-state index >= 15 is 0 Å². The Bertz CT molecular complexity index is 570. The highest BCUT2D eigenvalue weighted by atomic mass is 19.1. The van der Waals surface area contributed by atoms with Crippen LogP contribution in [0.5, 0.6) is 0 Å². The van der Waals surface area contributed by atoms with E-state index in [9.17, 15) is 4.39 Å². The van der Waals surface area contributed by atoms with E-state index in [0.717, 1.165) is 41.8 Å². The molecule has 2 aromatic rings. The fraction of sp³-hybridized carbons (Fsp3) is 0.333. The molecule has 0 aliphatic heterocycles. The third-order valence-electron chi connectivity index (χ3n) is 3.32. The van der Waals surface area contributed by atoms with Gasteiger partial charge in [0.15, 0.2) is 0 Å². The Morgan fingerprint density at radius 3 is 2.30 bits per heavy atom.